The van der Waals surface area contributed by atoms with Crippen molar-refractivity contribution in [3.63, 3.8) is 0 Å². The molecule has 0 unspecified atom stereocenters. The van der Waals surface area contributed by atoms with Gasteiger partial charge < -0.3 is 10.2 Å². The van der Waals surface area contributed by atoms with Crippen molar-refractivity contribution in [1.29, 1.82) is 0 Å². The van der Waals surface area contributed by atoms with Gasteiger partial charge in [-0.15, -0.1) is 0 Å². The summed E-state index contributed by atoms with van der Waals surface area (Å²) in [5.74, 6) is 0.0292. The molecule has 0 spiro atoms. The SMILES string of the molecule is CC[C@H](C(=O)NC1CCCC1)N(Cc1ccccc1C)C(=O)CCc1ccccc1. The predicted molar refractivity (Wildman–Crippen MR) is 121 cm³/mol. The van der Waals surface area contributed by atoms with Crippen molar-refractivity contribution in [3.05, 3.63) is 71.3 Å². The zero-order valence-electron chi connectivity index (χ0n) is 18.3. The van der Waals surface area contributed by atoms with Crippen molar-refractivity contribution < 1.29 is 9.59 Å². The summed E-state index contributed by atoms with van der Waals surface area (Å²) in [7, 11) is 0. The van der Waals surface area contributed by atoms with Crippen LogP contribution >= 0.6 is 0 Å². The topological polar surface area (TPSA) is 49.4 Å². The molecule has 0 aromatic heterocycles. The molecule has 2 amide bonds. The van der Waals surface area contributed by atoms with Crippen LogP contribution in [-0.4, -0.2) is 28.8 Å². The number of aryl methyl sites for hydroxylation is 2. The highest BCUT2D eigenvalue weighted by molar-refractivity contribution is 5.88. The summed E-state index contributed by atoms with van der Waals surface area (Å²) in [6, 6.07) is 18.0. The summed E-state index contributed by atoms with van der Waals surface area (Å²) in [5, 5.41) is 3.21. The zero-order valence-corrected chi connectivity index (χ0v) is 18.3. The average Bonchev–Trinajstić information content (AvgIpc) is 3.27. The summed E-state index contributed by atoms with van der Waals surface area (Å²) in [6.45, 7) is 4.52. The van der Waals surface area contributed by atoms with Gasteiger partial charge in [-0.2, -0.15) is 0 Å². The lowest BCUT2D eigenvalue weighted by molar-refractivity contribution is -0.141. The minimum Gasteiger partial charge on any atom is -0.352 e. The van der Waals surface area contributed by atoms with Crippen LogP contribution in [-0.2, 0) is 22.6 Å². The van der Waals surface area contributed by atoms with E-state index in [9.17, 15) is 9.59 Å². The third-order valence-electron chi connectivity index (χ3n) is 6.16. The van der Waals surface area contributed by atoms with Crippen molar-refractivity contribution in [2.45, 2.75) is 77.4 Å². The molecule has 2 aromatic carbocycles. The second kappa shape index (κ2) is 11.0. The number of amides is 2. The Bertz CT molecular complexity index is 828. The van der Waals surface area contributed by atoms with Crippen LogP contribution in [0.5, 0.6) is 0 Å². The van der Waals surface area contributed by atoms with Crippen LogP contribution < -0.4 is 5.32 Å². The van der Waals surface area contributed by atoms with Crippen molar-refractivity contribution >= 4 is 11.8 Å². The minimum atomic E-state index is -0.437. The van der Waals surface area contributed by atoms with E-state index in [4.69, 9.17) is 0 Å². The second-order valence-electron chi connectivity index (χ2n) is 8.35. The maximum Gasteiger partial charge on any atom is 0.243 e. The molecule has 1 saturated carbocycles. The number of benzene rings is 2. The molecule has 1 aliphatic carbocycles. The number of hydrogen-bond acceptors (Lipinski definition) is 2. The van der Waals surface area contributed by atoms with E-state index in [1.807, 2.05) is 49.4 Å². The number of hydrogen-bond donors (Lipinski definition) is 1. The van der Waals surface area contributed by atoms with Crippen LogP contribution in [0.25, 0.3) is 0 Å². The molecule has 3 rings (SSSR count). The molecule has 1 N–H and O–H groups in total. The molecule has 4 nitrogen and oxygen atoms in total. The molecule has 4 heteroatoms. The van der Waals surface area contributed by atoms with Crippen LogP contribution in [0, 0.1) is 6.92 Å². The molecule has 2 aromatic rings. The van der Waals surface area contributed by atoms with Crippen molar-refractivity contribution in [2.24, 2.45) is 0 Å². The molecule has 0 radical (unpaired) electrons. The Morgan fingerprint density at radius 3 is 2.37 bits per heavy atom. The van der Waals surface area contributed by atoms with Crippen LogP contribution in [0.3, 0.4) is 0 Å². The summed E-state index contributed by atoms with van der Waals surface area (Å²) >= 11 is 0. The molecule has 1 aliphatic rings. The Hall–Kier alpha value is -2.62. The molecule has 0 bridgehead atoms. The van der Waals surface area contributed by atoms with Gasteiger partial charge in [0.05, 0.1) is 0 Å². The fourth-order valence-electron chi connectivity index (χ4n) is 4.30. The van der Waals surface area contributed by atoms with Gasteiger partial charge in [0, 0.05) is 19.0 Å². The number of nitrogens with zero attached hydrogens (tertiary/aromatic N) is 1. The quantitative estimate of drug-likeness (QED) is 0.651. The highest BCUT2D eigenvalue weighted by Gasteiger charge is 2.30. The minimum absolute atomic E-state index is 0.00829. The molecule has 1 atom stereocenters. The monoisotopic (exact) mass is 406 g/mol. The highest BCUT2D eigenvalue weighted by Crippen LogP contribution is 2.20. The molecule has 160 valence electrons. The third-order valence-corrected chi connectivity index (χ3v) is 6.16. The number of rotatable bonds is 9. The molecule has 0 aliphatic heterocycles. The predicted octanol–water partition coefficient (Wildman–Crippen LogP) is 4.79. The molecule has 30 heavy (non-hydrogen) atoms. The van der Waals surface area contributed by atoms with Crippen LogP contribution in [0.15, 0.2) is 54.6 Å². The van der Waals surface area contributed by atoms with Crippen molar-refractivity contribution in [3.8, 4) is 0 Å². The standard InChI is InChI=1S/C26H34N2O2/c1-3-24(26(30)27-23-15-9-10-16-23)28(19-22-14-8-7-11-20(22)2)25(29)18-17-21-12-5-4-6-13-21/h4-8,11-14,23-24H,3,9-10,15-19H2,1-2H3,(H,27,30)/t24-/m1/s1. The summed E-state index contributed by atoms with van der Waals surface area (Å²) in [5.41, 5.74) is 3.38. The van der Waals surface area contributed by atoms with E-state index in [1.54, 1.807) is 4.90 Å². The second-order valence-corrected chi connectivity index (χ2v) is 8.35. The van der Waals surface area contributed by atoms with E-state index >= 15 is 0 Å². The van der Waals surface area contributed by atoms with Gasteiger partial charge in [-0.05, 0) is 49.3 Å². The van der Waals surface area contributed by atoms with Gasteiger partial charge in [-0.25, -0.2) is 0 Å². The van der Waals surface area contributed by atoms with E-state index in [-0.39, 0.29) is 17.9 Å². The van der Waals surface area contributed by atoms with E-state index in [0.717, 1.165) is 29.5 Å². The largest absolute Gasteiger partial charge is 0.352 e. The normalized spacial score (nSPS) is 15.0. The maximum atomic E-state index is 13.3. The summed E-state index contributed by atoms with van der Waals surface area (Å²) in [6.07, 6.45) is 6.13. The zero-order chi connectivity index (χ0) is 21.3. The first-order chi connectivity index (χ1) is 14.6. The summed E-state index contributed by atoms with van der Waals surface area (Å²) < 4.78 is 0. The van der Waals surface area contributed by atoms with E-state index in [2.05, 4.69) is 24.4 Å². The maximum absolute atomic E-state index is 13.3. The lowest BCUT2D eigenvalue weighted by Gasteiger charge is -2.32. The molecule has 1 fully saturated rings. The first kappa shape index (κ1) is 22.1. The summed E-state index contributed by atoms with van der Waals surface area (Å²) in [4.78, 5) is 28.2. The fourth-order valence-corrected chi connectivity index (χ4v) is 4.30. The van der Waals surface area contributed by atoms with Crippen molar-refractivity contribution in [1.82, 2.24) is 10.2 Å². The Labute approximate surface area is 180 Å². The van der Waals surface area contributed by atoms with Gasteiger partial charge in [0.25, 0.3) is 0 Å². The number of carbonyl (C=O) groups excluding carboxylic acids is 2. The Balaban J connectivity index is 1.76. The van der Waals surface area contributed by atoms with E-state index in [0.29, 0.717) is 25.8 Å². The number of nitrogens with one attached hydrogen (secondary N) is 1. The third kappa shape index (κ3) is 5.94. The first-order valence-corrected chi connectivity index (χ1v) is 11.3. The van der Waals surface area contributed by atoms with Gasteiger partial charge in [0.15, 0.2) is 0 Å². The lowest BCUT2D eigenvalue weighted by atomic mass is 10.0. The number of carbonyl (C=O) groups is 2. The average molecular weight is 407 g/mol. The molecular weight excluding hydrogens is 372 g/mol. The van der Waals surface area contributed by atoms with Gasteiger partial charge in [-0.3, -0.25) is 9.59 Å². The lowest BCUT2D eigenvalue weighted by Crippen LogP contribution is -2.51. The molecule has 0 heterocycles. The Kier molecular flexibility index (Phi) is 8.06. The fraction of sp³-hybridized carbons (Fsp3) is 0.462. The van der Waals surface area contributed by atoms with Gasteiger partial charge in [0.2, 0.25) is 11.8 Å². The smallest absolute Gasteiger partial charge is 0.243 e. The van der Waals surface area contributed by atoms with Crippen molar-refractivity contribution in [2.75, 3.05) is 0 Å². The van der Waals surface area contributed by atoms with Gasteiger partial charge in [0.1, 0.15) is 6.04 Å². The molecular formula is C26H34N2O2. The Morgan fingerprint density at radius 2 is 1.70 bits per heavy atom. The van der Waals surface area contributed by atoms with Crippen LogP contribution in [0.1, 0.15) is 62.1 Å². The van der Waals surface area contributed by atoms with Crippen LogP contribution in [0.2, 0.25) is 0 Å². The van der Waals surface area contributed by atoms with Crippen LogP contribution in [0.4, 0.5) is 0 Å². The highest BCUT2D eigenvalue weighted by atomic mass is 16.2. The van der Waals surface area contributed by atoms with E-state index in [1.165, 1.54) is 12.8 Å². The van der Waals surface area contributed by atoms with Gasteiger partial charge >= 0.3 is 0 Å². The van der Waals surface area contributed by atoms with E-state index < -0.39 is 6.04 Å². The molecule has 0 saturated heterocycles. The van der Waals surface area contributed by atoms with Gasteiger partial charge in [-0.1, -0.05) is 74.4 Å². The Morgan fingerprint density at radius 1 is 1.03 bits per heavy atom. The first-order valence-electron chi connectivity index (χ1n) is 11.3.